The summed E-state index contributed by atoms with van der Waals surface area (Å²) in [4.78, 5) is 25.5. The van der Waals surface area contributed by atoms with Gasteiger partial charge in [-0.25, -0.2) is 9.59 Å². The zero-order valence-corrected chi connectivity index (χ0v) is 20.1. The molecule has 0 aromatic heterocycles. The summed E-state index contributed by atoms with van der Waals surface area (Å²) in [6.45, 7) is 7.06. The molecule has 0 aliphatic carbocycles. The number of methoxy groups -OCH3 is 1. The number of alkyl carbamates (subject to hydrolysis) is 1. The second-order valence-corrected chi connectivity index (χ2v) is 9.33. The molecule has 2 aromatic rings. The van der Waals surface area contributed by atoms with Crippen molar-refractivity contribution in [2.75, 3.05) is 7.11 Å². The standard InChI is InChI=1S/C23H28INO5/c1-22(2,3)30-21(27)25-23(4,14-17-11-12-19(28-5)18(24)13-17)20(26)29-15-16-9-7-6-8-10-16/h6-13H,14-15H2,1-5H3,(H,25,27)/t23-/m0/s1. The lowest BCUT2D eigenvalue weighted by atomic mass is 9.92. The molecule has 0 saturated carbocycles. The first-order chi connectivity index (χ1) is 14.0. The molecule has 0 bridgehead atoms. The summed E-state index contributed by atoms with van der Waals surface area (Å²) >= 11 is 2.17. The quantitative estimate of drug-likeness (QED) is 0.413. The molecule has 0 saturated heterocycles. The summed E-state index contributed by atoms with van der Waals surface area (Å²) in [6, 6.07) is 15.0. The molecule has 2 rings (SSSR count). The summed E-state index contributed by atoms with van der Waals surface area (Å²) in [7, 11) is 1.60. The maximum absolute atomic E-state index is 13.0. The van der Waals surface area contributed by atoms with Crippen LogP contribution in [0.3, 0.4) is 0 Å². The van der Waals surface area contributed by atoms with Crippen molar-refractivity contribution < 1.29 is 23.8 Å². The van der Waals surface area contributed by atoms with Crippen molar-refractivity contribution in [3.8, 4) is 5.75 Å². The number of carbonyl (C=O) groups excluding carboxylic acids is 2. The van der Waals surface area contributed by atoms with E-state index in [0.717, 1.165) is 20.4 Å². The van der Waals surface area contributed by atoms with E-state index in [9.17, 15) is 9.59 Å². The SMILES string of the molecule is COc1ccc(C[C@](C)(NC(=O)OC(C)(C)C)C(=O)OCc2ccccc2)cc1I. The van der Waals surface area contributed by atoms with Crippen LogP contribution in [0.1, 0.15) is 38.8 Å². The molecule has 30 heavy (non-hydrogen) atoms. The minimum absolute atomic E-state index is 0.116. The van der Waals surface area contributed by atoms with Gasteiger partial charge in [-0.05, 0) is 73.5 Å². The molecule has 0 unspecified atom stereocenters. The van der Waals surface area contributed by atoms with Crippen molar-refractivity contribution in [2.24, 2.45) is 0 Å². The van der Waals surface area contributed by atoms with Crippen molar-refractivity contribution >= 4 is 34.7 Å². The van der Waals surface area contributed by atoms with Gasteiger partial charge >= 0.3 is 12.1 Å². The van der Waals surface area contributed by atoms with E-state index >= 15 is 0 Å². The smallest absolute Gasteiger partial charge is 0.408 e. The molecule has 6 nitrogen and oxygen atoms in total. The highest BCUT2D eigenvalue weighted by atomic mass is 127. The molecule has 0 heterocycles. The van der Waals surface area contributed by atoms with E-state index in [-0.39, 0.29) is 13.0 Å². The first-order valence-electron chi connectivity index (χ1n) is 9.57. The van der Waals surface area contributed by atoms with Gasteiger partial charge in [0, 0.05) is 6.42 Å². The zero-order valence-electron chi connectivity index (χ0n) is 18.0. The summed E-state index contributed by atoms with van der Waals surface area (Å²) in [5.74, 6) is 0.204. The fraction of sp³-hybridized carbons (Fsp3) is 0.391. The number of nitrogens with one attached hydrogen (secondary N) is 1. The summed E-state index contributed by atoms with van der Waals surface area (Å²) in [5, 5.41) is 2.71. The van der Waals surface area contributed by atoms with E-state index < -0.39 is 23.2 Å². The van der Waals surface area contributed by atoms with Crippen LogP contribution >= 0.6 is 22.6 Å². The van der Waals surface area contributed by atoms with Crippen LogP contribution in [-0.4, -0.2) is 30.3 Å². The van der Waals surface area contributed by atoms with Crippen LogP contribution in [-0.2, 0) is 27.3 Å². The number of amides is 1. The molecule has 0 spiro atoms. The number of ether oxygens (including phenoxy) is 3. The molecular formula is C23H28INO5. The van der Waals surface area contributed by atoms with Gasteiger partial charge in [0.05, 0.1) is 10.7 Å². The van der Waals surface area contributed by atoms with Crippen molar-refractivity contribution in [3.63, 3.8) is 0 Å². The Hall–Kier alpha value is -2.29. The maximum Gasteiger partial charge on any atom is 0.408 e. The van der Waals surface area contributed by atoms with Gasteiger partial charge in [-0.15, -0.1) is 0 Å². The lowest BCUT2D eigenvalue weighted by molar-refractivity contribution is -0.152. The number of esters is 1. The van der Waals surface area contributed by atoms with Gasteiger partial charge in [0.1, 0.15) is 23.5 Å². The van der Waals surface area contributed by atoms with Crippen LogP contribution in [0.5, 0.6) is 5.75 Å². The molecule has 0 fully saturated rings. The molecule has 1 N–H and O–H groups in total. The van der Waals surface area contributed by atoms with Crippen molar-refractivity contribution in [3.05, 3.63) is 63.2 Å². The van der Waals surface area contributed by atoms with Gasteiger partial charge in [0.2, 0.25) is 0 Å². The molecule has 162 valence electrons. The number of rotatable bonds is 7. The topological polar surface area (TPSA) is 73.9 Å². The van der Waals surface area contributed by atoms with Crippen molar-refractivity contribution in [1.29, 1.82) is 0 Å². The van der Waals surface area contributed by atoms with Gasteiger partial charge in [0.15, 0.2) is 0 Å². The predicted molar refractivity (Wildman–Crippen MR) is 123 cm³/mol. The largest absolute Gasteiger partial charge is 0.496 e. The van der Waals surface area contributed by atoms with Gasteiger partial charge in [-0.1, -0.05) is 36.4 Å². The molecule has 7 heteroatoms. The number of carbonyl (C=O) groups is 2. The number of halogens is 1. The average Bonchev–Trinajstić information content (AvgIpc) is 2.65. The Kier molecular flexibility index (Phi) is 8.11. The van der Waals surface area contributed by atoms with Crippen molar-refractivity contribution in [1.82, 2.24) is 5.32 Å². The van der Waals surface area contributed by atoms with Crippen LogP contribution in [0.2, 0.25) is 0 Å². The van der Waals surface area contributed by atoms with Gasteiger partial charge in [-0.3, -0.25) is 0 Å². The maximum atomic E-state index is 13.0. The third kappa shape index (κ3) is 7.19. The number of hydrogen-bond donors (Lipinski definition) is 1. The highest BCUT2D eigenvalue weighted by Gasteiger charge is 2.38. The van der Waals surface area contributed by atoms with Gasteiger partial charge < -0.3 is 19.5 Å². The minimum atomic E-state index is -1.31. The van der Waals surface area contributed by atoms with E-state index in [1.165, 1.54) is 0 Å². The molecule has 0 radical (unpaired) electrons. The Morgan fingerprint density at radius 3 is 2.23 bits per heavy atom. The second-order valence-electron chi connectivity index (χ2n) is 8.17. The van der Waals surface area contributed by atoms with Crippen LogP contribution in [0.15, 0.2) is 48.5 Å². The normalized spacial score (nSPS) is 13.1. The second kappa shape index (κ2) is 10.1. The molecular weight excluding hydrogens is 497 g/mol. The average molecular weight is 525 g/mol. The van der Waals surface area contributed by atoms with Crippen molar-refractivity contribution in [2.45, 2.75) is 51.9 Å². The molecule has 0 aliphatic heterocycles. The fourth-order valence-corrected chi connectivity index (χ4v) is 3.61. The monoisotopic (exact) mass is 525 g/mol. The Morgan fingerprint density at radius 1 is 1.00 bits per heavy atom. The number of benzene rings is 2. The number of hydrogen-bond acceptors (Lipinski definition) is 5. The van der Waals surface area contributed by atoms with Crippen LogP contribution < -0.4 is 10.1 Å². The third-order valence-corrected chi connectivity index (χ3v) is 5.06. The highest BCUT2D eigenvalue weighted by molar-refractivity contribution is 14.1. The molecule has 1 amide bonds. The Bertz CT molecular complexity index is 879. The van der Waals surface area contributed by atoms with Gasteiger partial charge in [0.25, 0.3) is 0 Å². The Balaban J connectivity index is 2.22. The lowest BCUT2D eigenvalue weighted by Crippen LogP contribution is -2.55. The summed E-state index contributed by atoms with van der Waals surface area (Å²) < 4.78 is 17.1. The first kappa shape index (κ1) is 24.0. The molecule has 0 aliphatic rings. The van der Waals surface area contributed by atoms with E-state index in [2.05, 4.69) is 27.9 Å². The molecule has 2 aromatic carbocycles. The van der Waals surface area contributed by atoms with Crippen LogP contribution in [0.25, 0.3) is 0 Å². The highest BCUT2D eigenvalue weighted by Crippen LogP contribution is 2.25. The van der Waals surface area contributed by atoms with Gasteiger partial charge in [-0.2, -0.15) is 0 Å². The van der Waals surface area contributed by atoms with E-state index in [1.54, 1.807) is 34.8 Å². The third-order valence-electron chi connectivity index (χ3n) is 4.21. The van der Waals surface area contributed by atoms with Crippen LogP contribution in [0.4, 0.5) is 4.79 Å². The van der Waals surface area contributed by atoms with E-state index in [4.69, 9.17) is 14.2 Å². The predicted octanol–water partition coefficient (Wildman–Crippen LogP) is 4.87. The summed E-state index contributed by atoms with van der Waals surface area (Å²) in [5.41, 5.74) is -0.275. The first-order valence-corrected chi connectivity index (χ1v) is 10.6. The van der Waals surface area contributed by atoms with Crippen LogP contribution in [0, 0.1) is 3.57 Å². The van der Waals surface area contributed by atoms with E-state index in [1.807, 2.05) is 48.5 Å². The van der Waals surface area contributed by atoms with E-state index in [0.29, 0.717) is 0 Å². The lowest BCUT2D eigenvalue weighted by Gasteiger charge is -2.30. The zero-order chi connectivity index (χ0) is 22.4. The molecule has 1 atom stereocenters. The summed E-state index contributed by atoms with van der Waals surface area (Å²) in [6.07, 6.45) is -0.440. The Morgan fingerprint density at radius 2 is 1.67 bits per heavy atom. The minimum Gasteiger partial charge on any atom is -0.496 e. The Labute approximate surface area is 191 Å². The fourth-order valence-electron chi connectivity index (χ4n) is 2.81.